The summed E-state index contributed by atoms with van der Waals surface area (Å²) < 4.78 is 40.8. The van der Waals surface area contributed by atoms with E-state index in [1.165, 1.54) is 25.1 Å². The van der Waals surface area contributed by atoms with Crippen LogP contribution >= 0.6 is 11.6 Å². The molecule has 96 valence electrons. The molecular weight excluding hydrogens is 257 g/mol. The van der Waals surface area contributed by atoms with Gasteiger partial charge >= 0.3 is 6.18 Å². The summed E-state index contributed by atoms with van der Waals surface area (Å²) in [6.45, 7) is 1.01. The normalized spacial score (nSPS) is 13.5. The van der Waals surface area contributed by atoms with E-state index in [0.29, 0.717) is 10.6 Å². The standard InChI is InChI=1S/C11H12ClF3O2/c1-7(16)9-6-8(12)2-3-10(9)17-5-4-11(13,14)15/h2-3,6-7,16H,4-5H2,1H3/t7-/m1/s1. The van der Waals surface area contributed by atoms with E-state index < -0.39 is 25.3 Å². The summed E-state index contributed by atoms with van der Waals surface area (Å²) in [6, 6.07) is 4.41. The number of hydrogen-bond acceptors (Lipinski definition) is 2. The molecule has 6 heteroatoms. The van der Waals surface area contributed by atoms with E-state index in [0.717, 1.165) is 0 Å². The molecule has 0 amide bonds. The number of alkyl halides is 3. The smallest absolute Gasteiger partial charge is 0.392 e. The molecule has 0 aliphatic carbocycles. The van der Waals surface area contributed by atoms with Gasteiger partial charge in [0.15, 0.2) is 0 Å². The highest BCUT2D eigenvalue weighted by Gasteiger charge is 2.27. The van der Waals surface area contributed by atoms with Gasteiger partial charge in [0.05, 0.1) is 19.1 Å². The van der Waals surface area contributed by atoms with Crippen molar-refractivity contribution in [1.29, 1.82) is 0 Å². The Morgan fingerprint density at radius 2 is 2.06 bits per heavy atom. The fourth-order valence-corrected chi connectivity index (χ4v) is 1.43. The van der Waals surface area contributed by atoms with E-state index in [1.54, 1.807) is 0 Å². The molecule has 0 radical (unpaired) electrons. The van der Waals surface area contributed by atoms with E-state index in [-0.39, 0.29) is 5.75 Å². The first-order valence-corrected chi connectivity index (χ1v) is 5.34. The van der Waals surface area contributed by atoms with Crippen molar-refractivity contribution in [3.05, 3.63) is 28.8 Å². The van der Waals surface area contributed by atoms with Crippen LogP contribution < -0.4 is 4.74 Å². The first kappa shape index (κ1) is 14.1. The third-order valence-corrected chi connectivity index (χ3v) is 2.30. The zero-order valence-corrected chi connectivity index (χ0v) is 9.85. The summed E-state index contributed by atoms with van der Waals surface area (Å²) in [5, 5.41) is 9.82. The Bertz CT molecular complexity index is 377. The van der Waals surface area contributed by atoms with Gasteiger partial charge < -0.3 is 9.84 Å². The van der Waals surface area contributed by atoms with Crippen LogP contribution in [0.25, 0.3) is 0 Å². The van der Waals surface area contributed by atoms with Crippen LogP contribution in [0.5, 0.6) is 5.75 Å². The summed E-state index contributed by atoms with van der Waals surface area (Å²) in [5.41, 5.74) is 0.375. The van der Waals surface area contributed by atoms with Crippen molar-refractivity contribution in [2.75, 3.05) is 6.61 Å². The highest BCUT2D eigenvalue weighted by atomic mass is 35.5. The molecule has 0 bridgehead atoms. The SMILES string of the molecule is C[C@@H](O)c1cc(Cl)ccc1OCCC(F)(F)F. The van der Waals surface area contributed by atoms with Gasteiger partial charge in [0.2, 0.25) is 0 Å². The topological polar surface area (TPSA) is 29.5 Å². The molecule has 0 unspecified atom stereocenters. The van der Waals surface area contributed by atoms with Gasteiger partial charge in [-0.2, -0.15) is 13.2 Å². The molecule has 0 aromatic heterocycles. The molecule has 0 spiro atoms. The molecule has 1 atom stereocenters. The quantitative estimate of drug-likeness (QED) is 0.902. The molecule has 1 aromatic rings. The summed E-state index contributed by atoms with van der Waals surface area (Å²) in [6.07, 6.45) is -6.14. The first-order chi connectivity index (χ1) is 7.79. The van der Waals surface area contributed by atoms with Crippen LogP contribution in [0.15, 0.2) is 18.2 Å². The van der Waals surface area contributed by atoms with Crippen molar-refractivity contribution < 1.29 is 23.0 Å². The van der Waals surface area contributed by atoms with Gasteiger partial charge in [-0.15, -0.1) is 0 Å². The lowest BCUT2D eigenvalue weighted by Crippen LogP contribution is -2.13. The summed E-state index contributed by atoms with van der Waals surface area (Å²) in [7, 11) is 0. The average molecular weight is 269 g/mol. The van der Waals surface area contributed by atoms with Gasteiger partial charge in [-0.1, -0.05) is 11.6 Å². The average Bonchev–Trinajstić information content (AvgIpc) is 2.18. The maximum atomic E-state index is 11.9. The fraction of sp³-hybridized carbons (Fsp3) is 0.455. The van der Waals surface area contributed by atoms with Crippen LogP contribution in [0, 0.1) is 0 Å². The predicted molar refractivity (Wildman–Crippen MR) is 58.3 cm³/mol. The number of hydrogen-bond donors (Lipinski definition) is 1. The second-order valence-corrected chi connectivity index (χ2v) is 4.01. The summed E-state index contributed by atoms with van der Waals surface area (Å²) in [5.74, 6) is 0.216. The van der Waals surface area contributed by atoms with Crippen LogP contribution in [0.4, 0.5) is 13.2 Å². The second kappa shape index (κ2) is 5.60. The van der Waals surface area contributed by atoms with E-state index in [1.807, 2.05) is 0 Å². The van der Waals surface area contributed by atoms with E-state index >= 15 is 0 Å². The Hall–Kier alpha value is -0.940. The minimum atomic E-state index is -4.25. The molecule has 17 heavy (non-hydrogen) atoms. The minimum absolute atomic E-state index is 0.216. The molecule has 0 saturated heterocycles. The third-order valence-electron chi connectivity index (χ3n) is 2.07. The van der Waals surface area contributed by atoms with E-state index in [9.17, 15) is 18.3 Å². The lowest BCUT2D eigenvalue weighted by atomic mass is 10.1. The predicted octanol–water partition coefficient (Wildman–Crippen LogP) is 3.72. The van der Waals surface area contributed by atoms with Crippen LogP contribution in [0.1, 0.15) is 25.0 Å². The molecule has 1 aromatic carbocycles. The Balaban J connectivity index is 2.70. The van der Waals surface area contributed by atoms with Crippen molar-refractivity contribution in [2.24, 2.45) is 0 Å². The molecule has 1 rings (SSSR count). The molecule has 1 N–H and O–H groups in total. The Kier molecular flexibility index (Phi) is 4.65. The maximum absolute atomic E-state index is 11.9. The monoisotopic (exact) mass is 268 g/mol. The largest absolute Gasteiger partial charge is 0.493 e. The molecule has 0 saturated carbocycles. The molecule has 0 fully saturated rings. The van der Waals surface area contributed by atoms with Gasteiger partial charge in [0.1, 0.15) is 5.75 Å². The zero-order valence-electron chi connectivity index (χ0n) is 9.09. The van der Waals surface area contributed by atoms with Crippen molar-refractivity contribution >= 4 is 11.6 Å². The second-order valence-electron chi connectivity index (χ2n) is 3.57. The molecule has 2 nitrogen and oxygen atoms in total. The van der Waals surface area contributed by atoms with Crippen LogP contribution in [-0.2, 0) is 0 Å². The number of benzene rings is 1. The molecular formula is C11H12ClF3O2. The Morgan fingerprint density at radius 1 is 1.41 bits per heavy atom. The number of aliphatic hydroxyl groups is 1. The van der Waals surface area contributed by atoms with Gasteiger partial charge in [0.25, 0.3) is 0 Å². The number of ether oxygens (including phenoxy) is 1. The molecule has 0 aliphatic rings. The van der Waals surface area contributed by atoms with E-state index in [4.69, 9.17) is 16.3 Å². The van der Waals surface area contributed by atoms with Crippen LogP contribution in [-0.4, -0.2) is 17.9 Å². The van der Waals surface area contributed by atoms with Gasteiger partial charge in [0, 0.05) is 10.6 Å². The highest BCUT2D eigenvalue weighted by molar-refractivity contribution is 6.30. The molecule has 0 heterocycles. The van der Waals surface area contributed by atoms with Crippen LogP contribution in [0.2, 0.25) is 5.02 Å². The lowest BCUT2D eigenvalue weighted by Gasteiger charge is -2.14. The van der Waals surface area contributed by atoms with E-state index in [2.05, 4.69) is 0 Å². The summed E-state index contributed by atoms with van der Waals surface area (Å²) >= 11 is 5.72. The Labute approximate surface area is 102 Å². The number of aliphatic hydroxyl groups excluding tert-OH is 1. The minimum Gasteiger partial charge on any atom is -0.493 e. The van der Waals surface area contributed by atoms with Crippen molar-refractivity contribution in [2.45, 2.75) is 25.6 Å². The third kappa shape index (κ3) is 4.83. The van der Waals surface area contributed by atoms with Crippen molar-refractivity contribution in [1.82, 2.24) is 0 Å². The number of rotatable bonds is 4. The fourth-order valence-electron chi connectivity index (χ4n) is 1.25. The number of halogens is 4. The lowest BCUT2D eigenvalue weighted by molar-refractivity contribution is -0.139. The molecule has 0 aliphatic heterocycles. The first-order valence-electron chi connectivity index (χ1n) is 4.96. The van der Waals surface area contributed by atoms with Crippen LogP contribution in [0.3, 0.4) is 0 Å². The van der Waals surface area contributed by atoms with Gasteiger partial charge in [-0.25, -0.2) is 0 Å². The van der Waals surface area contributed by atoms with Crippen molar-refractivity contribution in [3.63, 3.8) is 0 Å². The zero-order chi connectivity index (χ0) is 13.1. The Morgan fingerprint density at radius 3 is 2.59 bits per heavy atom. The van der Waals surface area contributed by atoms with Gasteiger partial charge in [-0.3, -0.25) is 0 Å². The summed E-state index contributed by atoms with van der Waals surface area (Å²) in [4.78, 5) is 0. The maximum Gasteiger partial charge on any atom is 0.392 e. The van der Waals surface area contributed by atoms with Gasteiger partial charge in [-0.05, 0) is 25.1 Å². The van der Waals surface area contributed by atoms with Crippen molar-refractivity contribution in [3.8, 4) is 5.75 Å². The highest BCUT2D eigenvalue weighted by Crippen LogP contribution is 2.29.